The first-order valence-electron chi connectivity index (χ1n) is 9.21. The third kappa shape index (κ3) is 3.72. The summed E-state index contributed by atoms with van der Waals surface area (Å²) in [5.74, 6) is 0.683. The Labute approximate surface area is 163 Å². The topological polar surface area (TPSA) is 57.2 Å². The van der Waals surface area contributed by atoms with Gasteiger partial charge in [0.2, 0.25) is 0 Å². The summed E-state index contributed by atoms with van der Waals surface area (Å²) in [6, 6.07) is 5.10. The molecule has 0 aliphatic carbocycles. The maximum Gasteiger partial charge on any atom is 0.197 e. The molecular formula is C19H24ClFN5O+. The molecule has 27 heavy (non-hydrogen) atoms. The van der Waals surface area contributed by atoms with E-state index < -0.39 is 0 Å². The zero-order chi connectivity index (χ0) is 19.0. The van der Waals surface area contributed by atoms with Crippen molar-refractivity contribution in [1.82, 2.24) is 10.00 Å². The lowest BCUT2D eigenvalue weighted by Crippen LogP contribution is -2.37. The van der Waals surface area contributed by atoms with Crippen LogP contribution in [0.3, 0.4) is 0 Å². The third-order valence-electron chi connectivity index (χ3n) is 5.31. The highest BCUT2D eigenvalue weighted by Gasteiger charge is 2.27. The van der Waals surface area contributed by atoms with E-state index in [1.807, 2.05) is 24.0 Å². The summed E-state index contributed by atoms with van der Waals surface area (Å²) in [6.07, 6.45) is 3.05. The van der Waals surface area contributed by atoms with Crippen LogP contribution in [0.2, 0.25) is 5.02 Å². The van der Waals surface area contributed by atoms with Crippen molar-refractivity contribution in [3.63, 3.8) is 0 Å². The van der Waals surface area contributed by atoms with Gasteiger partial charge in [0, 0.05) is 35.8 Å². The van der Waals surface area contributed by atoms with Gasteiger partial charge in [-0.2, -0.15) is 0 Å². The molecule has 8 heteroatoms. The number of aryl methyl sites for hydroxylation is 1. The van der Waals surface area contributed by atoms with E-state index in [9.17, 15) is 4.39 Å². The summed E-state index contributed by atoms with van der Waals surface area (Å²) >= 11 is 6.39. The minimum Gasteiger partial charge on any atom is -0.371 e. The highest BCUT2D eigenvalue weighted by atomic mass is 35.5. The van der Waals surface area contributed by atoms with Gasteiger partial charge in [0.15, 0.2) is 19.1 Å². The van der Waals surface area contributed by atoms with Crippen molar-refractivity contribution in [2.45, 2.75) is 25.6 Å². The highest BCUT2D eigenvalue weighted by molar-refractivity contribution is 6.31. The Kier molecular flexibility index (Phi) is 5.16. The van der Waals surface area contributed by atoms with E-state index in [1.54, 1.807) is 6.07 Å². The van der Waals surface area contributed by atoms with E-state index in [1.165, 1.54) is 6.07 Å². The fourth-order valence-electron chi connectivity index (χ4n) is 3.71. The largest absolute Gasteiger partial charge is 0.371 e. The number of ether oxygens (including phenoxy) is 1. The van der Waals surface area contributed by atoms with Crippen LogP contribution in [-0.4, -0.2) is 42.7 Å². The molecule has 1 aromatic carbocycles. The molecule has 0 amide bonds. The second kappa shape index (κ2) is 7.58. The van der Waals surface area contributed by atoms with E-state index in [4.69, 9.17) is 21.7 Å². The van der Waals surface area contributed by atoms with Crippen molar-refractivity contribution in [3.8, 4) is 0 Å². The van der Waals surface area contributed by atoms with Crippen LogP contribution in [0.5, 0.6) is 0 Å². The van der Waals surface area contributed by atoms with Crippen molar-refractivity contribution < 1.29 is 13.8 Å². The lowest BCUT2D eigenvalue weighted by atomic mass is 10.1. The molecule has 2 N–H and O–H groups in total. The zero-order valence-corrected chi connectivity index (χ0v) is 16.1. The molecule has 1 atom stereocenters. The van der Waals surface area contributed by atoms with Gasteiger partial charge < -0.3 is 20.4 Å². The number of benzene rings is 1. The molecule has 2 aliphatic heterocycles. The van der Waals surface area contributed by atoms with Crippen molar-refractivity contribution in [2.24, 2.45) is 7.05 Å². The SMILES string of the molecule is C[n+]1ccc2n1CCN2Cc1c(F)cc(C(=N)COC2CCNC2)cc1Cl. The smallest absolute Gasteiger partial charge is 0.197 e. The molecule has 1 unspecified atom stereocenters. The first-order chi connectivity index (χ1) is 13.0. The maximum atomic E-state index is 14.8. The Bertz CT molecular complexity index is 839. The van der Waals surface area contributed by atoms with Gasteiger partial charge in [-0.15, -0.1) is 9.36 Å². The number of aromatic nitrogens is 2. The molecule has 0 bridgehead atoms. The molecule has 144 valence electrons. The average molecular weight is 393 g/mol. The van der Waals surface area contributed by atoms with E-state index in [0.717, 1.165) is 38.4 Å². The maximum absolute atomic E-state index is 14.8. The molecule has 0 spiro atoms. The predicted molar refractivity (Wildman–Crippen MR) is 102 cm³/mol. The fourth-order valence-corrected chi connectivity index (χ4v) is 3.98. The molecule has 1 saturated heterocycles. The van der Waals surface area contributed by atoms with Gasteiger partial charge in [0.25, 0.3) is 0 Å². The van der Waals surface area contributed by atoms with Gasteiger partial charge in [-0.3, -0.25) is 0 Å². The lowest BCUT2D eigenvalue weighted by Gasteiger charge is -2.18. The summed E-state index contributed by atoms with van der Waals surface area (Å²) in [7, 11) is 1.99. The van der Waals surface area contributed by atoms with E-state index in [2.05, 4.69) is 14.9 Å². The molecule has 0 radical (unpaired) electrons. The lowest BCUT2D eigenvalue weighted by molar-refractivity contribution is -0.751. The van der Waals surface area contributed by atoms with Crippen LogP contribution in [0.15, 0.2) is 24.4 Å². The second-order valence-corrected chi connectivity index (χ2v) is 7.52. The fraction of sp³-hybridized carbons (Fsp3) is 0.474. The Morgan fingerprint density at radius 3 is 3.04 bits per heavy atom. The Morgan fingerprint density at radius 1 is 1.44 bits per heavy atom. The number of fused-ring (bicyclic) bond motifs is 1. The second-order valence-electron chi connectivity index (χ2n) is 7.12. The van der Waals surface area contributed by atoms with Crippen LogP contribution in [0.25, 0.3) is 0 Å². The Balaban J connectivity index is 1.46. The number of nitrogens with one attached hydrogen (secondary N) is 2. The Hall–Kier alpha value is -1.96. The first kappa shape index (κ1) is 18.4. The number of hydrogen-bond acceptors (Lipinski definition) is 4. The van der Waals surface area contributed by atoms with Crippen molar-refractivity contribution in [1.29, 1.82) is 5.41 Å². The number of rotatable bonds is 6. The summed E-state index contributed by atoms with van der Waals surface area (Å²) < 4.78 is 24.7. The van der Waals surface area contributed by atoms with Crippen LogP contribution < -0.4 is 14.9 Å². The summed E-state index contributed by atoms with van der Waals surface area (Å²) in [6.45, 7) is 4.00. The zero-order valence-electron chi connectivity index (χ0n) is 15.3. The molecule has 0 saturated carbocycles. The first-order valence-corrected chi connectivity index (χ1v) is 9.59. The number of hydrogen-bond donors (Lipinski definition) is 2. The van der Waals surface area contributed by atoms with Gasteiger partial charge in [0.05, 0.1) is 31.0 Å². The number of anilines is 1. The van der Waals surface area contributed by atoms with E-state index in [-0.39, 0.29) is 24.2 Å². The van der Waals surface area contributed by atoms with Gasteiger partial charge in [-0.05, 0) is 25.1 Å². The monoisotopic (exact) mass is 392 g/mol. The summed E-state index contributed by atoms with van der Waals surface area (Å²) in [5, 5.41) is 11.8. The average Bonchev–Trinajstić information content (AvgIpc) is 3.36. The molecular weight excluding hydrogens is 369 g/mol. The number of nitrogens with zero attached hydrogens (tertiary/aromatic N) is 3. The molecule has 1 aromatic heterocycles. The van der Waals surface area contributed by atoms with Crippen molar-refractivity contribution >= 4 is 23.1 Å². The van der Waals surface area contributed by atoms with Gasteiger partial charge >= 0.3 is 0 Å². The molecule has 6 nitrogen and oxygen atoms in total. The minimum absolute atomic E-state index is 0.123. The van der Waals surface area contributed by atoms with Crippen LogP contribution in [0.1, 0.15) is 17.5 Å². The Morgan fingerprint density at radius 2 is 2.30 bits per heavy atom. The van der Waals surface area contributed by atoms with Crippen LogP contribution in [-0.2, 0) is 24.9 Å². The van der Waals surface area contributed by atoms with Crippen LogP contribution >= 0.6 is 11.6 Å². The highest BCUT2D eigenvalue weighted by Crippen LogP contribution is 2.27. The van der Waals surface area contributed by atoms with Gasteiger partial charge in [-0.1, -0.05) is 11.6 Å². The number of halogens is 2. The normalized spacial score (nSPS) is 18.9. The molecule has 2 aromatic rings. The van der Waals surface area contributed by atoms with Crippen molar-refractivity contribution in [2.75, 3.05) is 31.1 Å². The molecule has 1 fully saturated rings. The third-order valence-corrected chi connectivity index (χ3v) is 5.64. The standard InChI is InChI=1S/C19H24ClFN5O/c1-24-5-3-19-25(6-7-26(19)24)11-15-16(20)8-13(9-17(15)21)18(22)12-27-14-2-4-23-10-14/h3,5,8-9,14,22-23H,2,4,6-7,10-12H2,1H3/q+1. The predicted octanol–water partition coefficient (Wildman–Crippen LogP) is 1.87. The quantitative estimate of drug-likeness (QED) is 0.583. The molecule has 4 rings (SSSR count). The molecule has 3 heterocycles. The summed E-state index contributed by atoms with van der Waals surface area (Å²) in [5.41, 5.74) is 1.19. The molecule has 2 aliphatic rings. The van der Waals surface area contributed by atoms with Crippen LogP contribution in [0, 0.1) is 11.2 Å². The minimum atomic E-state index is -0.376. The van der Waals surface area contributed by atoms with Gasteiger partial charge in [-0.25, -0.2) is 4.39 Å². The van der Waals surface area contributed by atoms with E-state index in [0.29, 0.717) is 22.7 Å². The van der Waals surface area contributed by atoms with E-state index >= 15 is 0 Å². The van der Waals surface area contributed by atoms with Crippen molar-refractivity contribution in [3.05, 3.63) is 46.4 Å². The van der Waals surface area contributed by atoms with Crippen LogP contribution in [0.4, 0.5) is 10.2 Å². The van der Waals surface area contributed by atoms with Gasteiger partial charge in [0.1, 0.15) is 5.82 Å². The summed E-state index contributed by atoms with van der Waals surface area (Å²) in [4.78, 5) is 2.12.